The molecular formula is C13H21ClIN3O3S2. The topological polar surface area (TPSA) is 90.8 Å². The van der Waals surface area contributed by atoms with Crippen molar-refractivity contribution in [3.63, 3.8) is 0 Å². The molecule has 23 heavy (non-hydrogen) atoms. The van der Waals surface area contributed by atoms with E-state index in [0.717, 1.165) is 4.88 Å². The zero-order chi connectivity index (χ0) is 16.2. The van der Waals surface area contributed by atoms with E-state index in [2.05, 4.69) is 15.6 Å². The van der Waals surface area contributed by atoms with Gasteiger partial charge in [-0.1, -0.05) is 11.6 Å². The van der Waals surface area contributed by atoms with Crippen LogP contribution in [0.3, 0.4) is 0 Å². The van der Waals surface area contributed by atoms with Gasteiger partial charge in [-0.3, -0.25) is 4.99 Å². The third-order valence-corrected chi connectivity index (χ3v) is 6.36. The van der Waals surface area contributed by atoms with E-state index in [4.69, 9.17) is 11.6 Å². The number of halogens is 2. The average molecular weight is 494 g/mol. The van der Waals surface area contributed by atoms with Crippen LogP contribution in [-0.2, 0) is 9.84 Å². The van der Waals surface area contributed by atoms with Crippen LogP contribution in [0.5, 0.6) is 0 Å². The number of hydrogen-bond donors (Lipinski definition) is 3. The first-order valence-electron chi connectivity index (χ1n) is 7.08. The molecule has 1 saturated heterocycles. The van der Waals surface area contributed by atoms with Crippen LogP contribution in [0.4, 0.5) is 0 Å². The van der Waals surface area contributed by atoms with Crippen LogP contribution >= 0.6 is 46.9 Å². The number of aliphatic hydroxyl groups is 1. The van der Waals surface area contributed by atoms with E-state index >= 15 is 0 Å². The van der Waals surface area contributed by atoms with Crippen molar-refractivity contribution in [1.29, 1.82) is 0 Å². The number of hydrogen-bond acceptors (Lipinski definition) is 5. The van der Waals surface area contributed by atoms with Crippen LogP contribution in [0.25, 0.3) is 0 Å². The maximum absolute atomic E-state index is 11.5. The van der Waals surface area contributed by atoms with Crippen molar-refractivity contribution in [1.82, 2.24) is 10.6 Å². The highest BCUT2D eigenvalue weighted by molar-refractivity contribution is 14.0. The normalized spacial score (nSPS) is 21.5. The summed E-state index contributed by atoms with van der Waals surface area (Å²) in [6, 6.07) is 3.38. The number of nitrogens with zero attached hydrogens (tertiary/aromatic N) is 1. The maximum atomic E-state index is 11.5. The van der Waals surface area contributed by atoms with Crippen molar-refractivity contribution < 1.29 is 13.5 Å². The molecule has 0 spiro atoms. The smallest absolute Gasteiger partial charge is 0.191 e. The second-order valence-corrected chi connectivity index (χ2v) is 9.10. The van der Waals surface area contributed by atoms with Crippen molar-refractivity contribution in [3.8, 4) is 0 Å². The van der Waals surface area contributed by atoms with Crippen molar-refractivity contribution in [2.45, 2.75) is 25.5 Å². The van der Waals surface area contributed by atoms with Crippen LogP contribution in [0.15, 0.2) is 17.1 Å². The highest BCUT2D eigenvalue weighted by Crippen LogP contribution is 2.26. The second kappa shape index (κ2) is 9.40. The summed E-state index contributed by atoms with van der Waals surface area (Å²) in [6.07, 6.45) is -0.143. The molecule has 2 rings (SSSR count). The molecule has 1 fully saturated rings. The number of guanidine groups is 1. The Kier molecular flexibility index (Phi) is 8.56. The third kappa shape index (κ3) is 6.73. The van der Waals surface area contributed by atoms with Crippen molar-refractivity contribution in [2.75, 3.05) is 24.6 Å². The number of aliphatic hydroxyl groups excluding tert-OH is 1. The lowest BCUT2D eigenvalue weighted by Crippen LogP contribution is -2.44. The molecule has 0 aliphatic carbocycles. The van der Waals surface area contributed by atoms with Gasteiger partial charge in [-0.05, 0) is 25.5 Å². The Labute approximate surface area is 162 Å². The Bertz CT molecular complexity index is 636. The van der Waals surface area contributed by atoms with Gasteiger partial charge in [0.2, 0.25) is 0 Å². The van der Waals surface area contributed by atoms with Crippen LogP contribution in [-0.4, -0.2) is 50.1 Å². The molecule has 6 nitrogen and oxygen atoms in total. The fraction of sp³-hybridized carbons (Fsp3) is 0.615. The summed E-state index contributed by atoms with van der Waals surface area (Å²) in [7, 11) is -2.94. The minimum atomic E-state index is -2.94. The van der Waals surface area contributed by atoms with Gasteiger partial charge in [0.05, 0.1) is 22.4 Å². The van der Waals surface area contributed by atoms with E-state index in [-0.39, 0.29) is 48.1 Å². The lowest BCUT2D eigenvalue weighted by atomic mass is 10.3. The van der Waals surface area contributed by atoms with Gasteiger partial charge in [0, 0.05) is 17.5 Å². The standard InChI is InChI=1S/C13H20ClN3O3S2.HI/c1-2-15-13(17-9-5-6-22(19,20)8-9)16-7-10(18)11-3-4-12(14)21-11;/h3-4,9-10,18H,2,5-8H2,1H3,(H2,15,16,17);1H. The summed E-state index contributed by atoms with van der Waals surface area (Å²) in [4.78, 5) is 5.08. The molecule has 0 saturated carbocycles. The van der Waals surface area contributed by atoms with Crippen LogP contribution in [0, 0.1) is 0 Å². The van der Waals surface area contributed by atoms with Crippen molar-refractivity contribution >= 4 is 62.7 Å². The summed E-state index contributed by atoms with van der Waals surface area (Å²) in [6.45, 7) is 2.77. The maximum Gasteiger partial charge on any atom is 0.191 e. The lowest BCUT2D eigenvalue weighted by Gasteiger charge is -2.16. The molecule has 2 unspecified atom stereocenters. The zero-order valence-electron chi connectivity index (χ0n) is 12.7. The fourth-order valence-corrected chi connectivity index (χ4v) is 4.91. The first kappa shape index (κ1) is 20.9. The van der Waals surface area contributed by atoms with Gasteiger partial charge < -0.3 is 15.7 Å². The highest BCUT2D eigenvalue weighted by atomic mass is 127. The fourth-order valence-electron chi connectivity index (χ4n) is 2.20. The summed E-state index contributed by atoms with van der Waals surface area (Å²) >= 11 is 7.17. The molecular weight excluding hydrogens is 473 g/mol. The molecule has 1 aliphatic rings. The van der Waals surface area contributed by atoms with Crippen LogP contribution < -0.4 is 10.6 Å². The predicted molar refractivity (Wildman–Crippen MR) is 106 cm³/mol. The largest absolute Gasteiger partial charge is 0.386 e. The monoisotopic (exact) mass is 493 g/mol. The first-order chi connectivity index (χ1) is 10.4. The summed E-state index contributed by atoms with van der Waals surface area (Å²) in [5.74, 6) is 0.854. The molecule has 1 aromatic rings. The minimum Gasteiger partial charge on any atom is -0.386 e. The summed E-state index contributed by atoms with van der Waals surface area (Å²) in [5, 5.41) is 16.3. The van der Waals surface area contributed by atoms with Crippen molar-refractivity contribution in [3.05, 3.63) is 21.3 Å². The first-order valence-corrected chi connectivity index (χ1v) is 10.1. The number of aliphatic imine (C=N–C) groups is 1. The van der Waals surface area contributed by atoms with Gasteiger partial charge >= 0.3 is 0 Å². The molecule has 0 bridgehead atoms. The lowest BCUT2D eigenvalue weighted by molar-refractivity contribution is 0.191. The summed E-state index contributed by atoms with van der Waals surface area (Å²) in [5.41, 5.74) is 0. The molecule has 2 atom stereocenters. The van der Waals surface area contributed by atoms with Gasteiger partial charge in [0.25, 0.3) is 0 Å². The highest BCUT2D eigenvalue weighted by Gasteiger charge is 2.28. The summed E-state index contributed by atoms with van der Waals surface area (Å²) < 4.78 is 23.6. The molecule has 1 aromatic heterocycles. The number of sulfone groups is 1. The number of thiophene rings is 1. The Morgan fingerprint density at radius 2 is 2.30 bits per heavy atom. The van der Waals surface area contributed by atoms with E-state index in [1.807, 2.05) is 6.92 Å². The van der Waals surface area contributed by atoms with Crippen LogP contribution in [0.2, 0.25) is 4.34 Å². The number of nitrogens with one attached hydrogen (secondary N) is 2. The molecule has 2 heterocycles. The van der Waals surface area contributed by atoms with E-state index < -0.39 is 15.9 Å². The Morgan fingerprint density at radius 1 is 1.57 bits per heavy atom. The second-order valence-electron chi connectivity index (χ2n) is 5.12. The van der Waals surface area contributed by atoms with Crippen molar-refractivity contribution in [2.24, 2.45) is 4.99 Å². The molecule has 0 aromatic carbocycles. The predicted octanol–water partition coefficient (Wildman–Crippen LogP) is 1.80. The van der Waals surface area contributed by atoms with E-state index in [9.17, 15) is 13.5 Å². The Hall–Kier alpha value is -0.100. The third-order valence-electron chi connectivity index (χ3n) is 3.26. The Balaban J connectivity index is 0.00000264. The molecule has 0 radical (unpaired) electrons. The van der Waals surface area contributed by atoms with E-state index in [0.29, 0.717) is 23.3 Å². The van der Waals surface area contributed by atoms with E-state index in [1.54, 1.807) is 12.1 Å². The molecule has 132 valence electrons. The van der Waals surface area contributed by atoms with Gasteiger partial charge in [-0.15, -0.1) is 35.3 Å². The SMILES string of the molecule is CCNC(=NCC(O)c1ccc(Cl)s1)NC1CCS(=O)(=O)C1.I. The van der Waals surface area contributed by atoms with E-state index in [1.165, 1.54) is 11.3 Å². The van der Waals surface area contributed by atoms with Gasteiger partial charge in [-0.25, -0.2) is 8.42 Å². The zero-order valence-corrected chi connectivity index (χ0v) is 17.4. The van der Waals surface area contributed by atoms with Gasteiger partial charge in [0.1, 0.15) is 6.10 Å². The average Bonchev–Trinajstić information content (AvgIpc) is 3.02. The molecule has 10 heteroatoms. The molecule has 1 aliphatic heterocycles. The van der Waals surface area contributed by atoms with Gasteiger partial charge in [-0.2, -0.15) is 0 Å². The van der Waals surface area contributed by atoms with Gasteiger partial charge in [0.15, 0.2) is 15.8 Å². The quantitative estimate of drug-likeness (QED) is 0.331. The number of rotatable bonds is 5. The minimum absolute atomic E-state index is 0. The Morgan fingerprint density at radius 3 is 2.83 bits per heavy atom. The van der Waals surface area contributed by atoms with Crippen LogP contribution in [0.1, 0.15) is 24.3 Å². The molecule has 0 amide bonds. The molecule has 3 N–H and O–H groups in total.